The molecule has 15 heavy (non-hydrogen) atoms. The van der Waals surface area contributed by atoms with Crippen molar-refractivity contribution in [3.05, 3.63) is 0 Å². The molecule has 0 aromatic heterocycles. The van der Waals surface area contributed by atoms with Gasteiger partial charge in [-0.3, -0.25) is 10.5 Å². The van der Waals surface area contributed by atoms with E-state index in [2.05, 4.69) is 0 Å². The van der Waals surface area contributed by atoms with Gasteiger partial charge in [0.25, 0.3) is 0 Å². The van der Waals surface area contributed by atoms with Crippen LogP contribution in [-0.2, 0) is 9.53 Å². The predicted molar refractivity (Wildman–Crippen MR) is 59.3 cm³/mol. The number of esters is 1. The summed E-state index contributed by atoms with van der Waals surface area (Å²) in [6.45, 7) is 0.700. The fraction of sp³-hybridized carbons (Fsp3) is 0.917. The molecule has 0 amide bonds. The van der Waals surface area contributed by atoms with Crippen LogP contribution >= 0.6 is 0 Å². The molecule has 0 aromatic carbocycles. The van der Waals surface area contributed by atoms with Crippen LogP contribution in [0, 0.1) is 5.92 Å². The first-order chi connectivity index (χ1) is 7.33. The van der Waals surface area contributed by atoms with Crippen LogP contribution in [0.15, 0.2) is 0 Å². The van der Waals surface area contributed by atoms with E-state index in [4.69, 9.17) is 10.5 Å². The number of ether oxygens (including phenoxy) is 1. The summed E-state index contributed by atoms with van der Waals surface area (Å²) < 4.78 is 5.07. The second kappa shape index (κ2) is 7.69. The van der Waals surface area contributed by atoms with E-state index in [1.165, 1.54) is 38.5 Å². The molecule has 1 N–H and O–H groups in total. The van der Waals surface area contributed by atoms with Crippen LogP contribution < -0.4 is 5.73 Å². The summed E-state index contributed by atoms with van der Waals surface area (Å²) in [6, 6.07) is 0. The van der Waals surface area contributed by atoms with Gasteiger partial charge in [-0.1, -0.05) is 38.5 Å². The Hall–Kier alpha value is -0.570. The number of nitrogens with one attached hydrogen (secondary N) is 1. The number of rotatable bonds is 5. The maximum Gasteiger partial charge on any atom is 0.307 e. The van der Waals surface area contributed by atoms with E-state index in [0.29, 0.717) is 6.61 Å². The number of hydrogen-bond donors (Lipinski definition) is 0. The maximum absolute atomic E-state index is 11.0. The SMILES string of the molecule is [NH]CCC(=O)OCCC1CCCCCC1. The summed E-state index contributed by atoms with van der Waals surface area (Å²) in [5.41, 5.74) is 6.89. The molecule has 1 aliphatic carbocycles. The van der Waals surface area contributed by atoms with Crippen LogP contribution in [0.25, 0.3) is 0 Å². The van der Waals surface area contributed by atoms with E-state index in [1.807, 2.05) is 0 Å². The van der Waals surface area contributed by atoms with E-state index in [0.717, 1.165) is 12.3 Å². The molecule has 0 spiro atoms. The zero-order valence-electron chi connectivity index (χ0n) is 9.46. The molecule has 1 radical (unpaired) electrons. The standard InChI is InChI=1S/C12H22NO2/c13-9-7-12(14)15-10-8-11-5-3-1-2-4-6-11/h11,13H,1-10H2. The van der Waals surface area contributed by atoms with Crippen LogP contribution in [-0.4, -0.2) is 19.1 Å². The smallest absolute Gasteiger partial charge is 0.307 e. The van der Waals surface area contributed by atoms with Gasteiger partial charge in [-0.2, -0.15) is 0 Å². The van der Waals surface area contributed by atoms with Gasteiger partial charge in [0, 0.05) is 6.54 Å². The van der Waals surface area contributed by atoms with Crippen LogP contribution in [0.5, 0.6) is 0 Å². The molecule has 1 aliphatic rings. The van der Waals surface area contributed by atoms with E-state index in [9.17, 15) is 4.79 Å². The van der Waals surface area contributed by atoms with Crippen molar-refractivity contribution in [1.29, 1.82) is 0 Å². The van der Waals surface area contributed by atoms with E-state index in [1.54, 1.807) is 0 Å². The summed E-state index contributed by atoms with van der Waals surface area (Å²) in [7, 11) is 0. The lowest BCUT2D eigenvalue weighted by Gasteiger charge is -2.13. The van der Waals surface area contributed by atoms with Gasteiger partial charge >= 0.3 is 5.97 Å². The molecule has 0 heterocycles. The summed E-state index contributed by atoms with van der Waals surface area (Å²) in [4.78, 5) is 11.0. The maximum atomic E-state index is 11.0. The van der Waals surface area contributed by atoms with Gasteiger partial charge in [-0.05, 0) is 12.3 Å². The van der Waals surface area contributed by atoms with E-state index < -0.39 is 0 Å². The lowest BCUT2D eigenvalue weighted by Crippen LogP contribution is -2.11. The highest BCUT2D eigenvalue weighted by Crippen LogP contribution is 2.25. The Labute approximate surface area is 92.4 Å². The number of carbonyl (C=O) groups is 1. The van der Waals surface area contributed by atoms with Gasteiger partial charge in [0.05, 0.1) is 13.0 Å². The molecule has 1 fully saturated rings. The molecular weight excluding hydrogens is 190 g/mol. The third-order valence-corrected chi connectivity index (χ3v) is 3.09. The molecule has 0 aliphatic heterocycles. The molecule has 87 valence electrons. The van der Waals surface area contributed by atoms with Crippen molar-refractivity contribution in [2.75, 3.05) is 13.2 Å². The summed E-state index contributed by atoms with van der Waals surface area (Å²) in [6.07, 6.45) is 9.28. The number of carbonyl (C=O) groups excluding carboxylic acids is 1. The topological polar surface area (TPSA) is 50.1 Å². The molecule has 1 rings (SSSR count). The van der Waals surface area contributed by atoms with E-state index >= 15 is 0 Å². The first kappa shape index (κ1) is 12.5. The molecule has 0 atom stereocenters. The minimum atomic E-state index is -0.210. The quantitative estimate of drug-likeness (QED) is 0.519. The Morgan fingerprint density at radius 2 is 1.87 bits per heavy atom. The third-order valence-electron chi connectivity index (χ3n) is 3.09. The molecular formula is C12H22NO2. The van der Waals surface area contributed by atoms with Crippen molar-refractivity contribution in [2.45, 2.75) is 51.4 Å². The van der Waals surface area contributed by atoms with Gasteiger partial charge < -0.3 is 4.74 Å². The van der Waals surface area contributed by atoms with Crippen LogP contribution in [0.4, 0.5) is 0 Å². The van der Waals surface area contributed by atoms with Crippen molar-refractivity contribution in [2.24, 2.45) is 5.92 Å². The van der Waals surface area contributed by atoms with Crippen LogP contribution in [0.1, 0.15) is 51.4 Å². The Morgan fingerprint density at radius 1 is 1.20 bits per heavy atom. The highest BCUT2D eigenvalue weighted by atomic mass is 16.5. The fourth-order valence-electron chi connectivity index (χ4n) is 2.17. The highest BCUT2D eigenvalue weighted by molar-refractivity contribution is 5.69. The van der Waals surface area contributed by atoms with Crippen LogP contribution in [0.2, 0.25) is 0 Å². The van der Waals surface area contributed by atoms with Gasteiger partial charge in [0.1, 0.15) is 0 Å². The fourth-order valence-corrected chi connectivity index (χ4v) is 2.17. The van der Waals surface area contributed by atoms with Crippen molar-refractivity contribution in [3.63, 3.8) is 0 Å². The molecule has 3 heteroatoms. The predicted octanol–water partition coefficient (Wildman–Crippen LogP) is 2.56. The summed E-state index contributed by atoms with van der Waals surface area (Å²) in [5, 5.41) is 0. The normalized spacial score (nSPS) is 18.5. The Bertz CT molecular complexity index is 174. The van der Waals surface area contributed by atoms with Crippen LogP contribution in [0.3, 0.4) is 0 Å². The minimum absolute atomic E-state index is 0.141. The first-order valence-electron chi connectivity index (χ1n) is 6.13. The summed E-state index contributed by atoms with van der Waals surface area (Å²) >= 11 is 0. The van der Waals surface area contributed by atoms with Gasteiger partial charge in [0.2, 0.25) is 0 Å². The molecule has 1 saturated carbocycles. The first-order valence-corrected chi connectivity index (χ1v) is 6.13. The Balaban J connectivity index is 2.05. The molecule has 0 saturated heterocycles. The molecule has 3 nitrogen and oxygen atoms in total. The lowest BCUT2D eigenvalue weighted by atomic mass is 9.97. The average Bonchev–Trinajstić information content (AvgIpc) is 2.47. The highest BCUT2D eigenvalue weighted by Gasteiger charge is 2.12. The Morgan fingerprint density at radius 3 is 2.47 bits per heavy atom. The minimum Gasteiger partial charge on any atom is -0.466 e. The lowest BCUT2D eigenvalue weighted by molar-refractivity contribution is -0.143. The average molecular weight is 212 g/mol. The zero-order valence-corrected chi connectivity index (χ0v) is 9.46. The monoisotopic (exact) mass is 212 g/mol. The largest absolute Gasteiger partial charge is 0.466 e. The third kappa shape index (κ3) is 5.78. The van der Waals surface area contributed by atoms with Crippen molar-refractivity contribution < 1.29 is 9.53 Å². The second-order valence-corrected chi connectivity index (χ2v) is 4.37. The Kier molecular flexibility index (Phi) is 6.41. The molecule has 0 aromatic rings. The van der Waals surface area contributed by atoms with Gasteiger partial charge in [-0.25, -0.2) is 0 Å². The molecule has 0 unspecified atom stereocenters. The zero-order chi connectivity index (χ0) is 10.9. The number of hydrogen-bond acceptors (Lipinski definition) is 2. The van der Waals surface area contributed by atoms with Gasteiger partial charge in [0.15, 0.2) is 0 Å². The van der Waals surface area contributed by atoms with E-state index in [-0.39, 0.29) is 18.9 Å². The van der Waals surface area contributed by atoms with Crippen molar-refractivity contribution in [3.8, 4) is 0 Å². The second-order valence-electron chi connectivity index (χ2n) is 4.37. The molecule has 0 bridgehead atoms. The van der Waals surface area contributed by atoms with Gasteiger partial charge in [-0.15, -0.1) is 0 Å². The summed E-state index contributed by atoms with van der Waals surface area (Å²) in [5.74, 6) is 0.551. The van der Waals surface area contributed by atoms with Crippen molar-refractivity contribution >= 4 is 5.97 Å². The van der Waals surface area contributed by atoms with Crippen molar-refractivity contribution in [1.82, 2.24) is 5.73 Å².